The molecule has 0 amide bonds. The minimum atomic E-state index is -4.61. The summed E-state index contributed by atoms with van der Waals surface area (Å²) in [5.41, 5.74) is 0. The zero-order valence-electron chi connectivity index (χ0n) is 3.27. The van der Waals surface area contributed by atoms with Crippen molar-refractivity contribution >= 4 is 9.05 Å². The van der Waals surface area contributed by atoms with Gasteiger partial charge in [-0.3, -0.25) is 0 Å². The van der Waals surface area contributed by atoms with Crippen molar-refractivity contribution in [2.75, 3.05) is 0 Å². The number of rotatable bonds is 0. The van der Waals surface area contributed by atoms with Crippen LogP contribution in [-0.2, 0) is 53.8 Å². The van der Waals surface area contributed by atoms with Crippen LogP contribution in [0.15, 0.2) is 0 Å². The van der Waals surface area contributed by atoms with E-state index >= 15 is 0 Å². The maximum absolute atomic E-state index is 7.33. The number of hydrogen-bond donors (Lipinski definition) is 4. The van der Waals surface area contributed by atoms with Crippen LogP contribution in [0.3, 0.4) is 0 Å². The van der Waals surface area contributed by atoms with Crippen molar-refractivity contribution in [2.24, 2.45) is 0 Å². The second-order valence-corrected chi connectivity index (χ2v) is 1.80. The summed E-state index contributed by atoms with van der Waals surface area (Å²) in [5, 5.41) is 0. The predicted molar refractivity (Wildman–Crippen MR) is 14.6 cm³/mol. The zero-order chi connectivity index (χ0) is 4.50. The van der Waals surface area contributed by atoms with E-state index in [-0.39, 0.29) is 53.8 Å². The van der Waals surface area contributed by atoms with Crippen molar-refractivity contribution < 1.29 is 73.0 Å². The summed E-state index contributed by atoms with van der Waals surface area (Å²) in [5.74, 6) is 0. The van der Waals surface area contributed by atoms with Gasteiger partial charge in [-0.15, -0.1) is 0 Å². The van der Waals surface area contributed by atoms with Crippen molar-refractivity contribution in [3.05, 3.63) is 0 Å². The second kappa shape index (κ2) is 5.98. The molecule has 0 aliphatic rings. The van der Waals surface area contributed by atoms with Gasteiger partial charge in [0.25, 0.3) is 0 Å². The molecule has 0 heterocycles. The fraction of sp³-hybridized carbons (Fsp3) is 0. The Kier molecular flexibility index (Phi) is 13.6. The molecule has 4 N–H and O–H groups in total. The van der Waals surface area contributed by atoms with Crippen molar-refractivity contribution in [1.29, 1.82) is 0 Å². The van der Waals surface area contributed by atoms with E-state index in [1.807, 2.05) is 0 Å². The summed E-state index contributed by atoms with van der Waals surface area (Å²) in [6.07, 6.45) is 0. The Hall–Kier alpha value is 1.85. The molecule has 7 heteroatoms. The maximum Gasteiger partial charge on any atom is 0.668 e. The van der Waals surface area contributed by atoms with E-state index in [4.69, 9.17) is 19.2 Å². The SMILES string of the molecule is O[Si](O)(O)O.[Mo].[Y]. The molecule has 0 saturated heterocycles. The Morgan fingerprint density at radius 2 is 0.857 bits per heavy atom. The summed E-state index contributed by atoms with van der Waals surface area (Å²) in [6, 6.07) is 0. The topological polar surface area (TPSA) is 80.9 Å². The molecular weight excluding hydrogens is 277 g/mol. The van der Waals surface area contributed by atoms with E-state index in [0.29, 0.717) is 0 Å². The van der Waals surface area contributed by atoms with E-state index in [0.717, 1.165) is 0 Å². The largest absolute Gasteiger partial charge is 0.668 e. The van der Waals surface area contributed by atoms with Gasteiger partial charge in [-0.2, -0.15) is 0 Å². The third kappa shape index (κ3) is 78.5. The molecule has 0 unspecified atom stereocenters. The van der Waals surface area contributed by atoms with Crippen molar-refractivity contribution in [3.63, 3.8) is 0 Å². The maximum atomic E-state index is 7.33. The van der Waals surface area contributed by atoms with Gasteiger partial charge >= 0.3 is 9.05 Å². The summed E-state index contributed by atoms with van der Waals surface area (Å²) in [7, 11) is -4.61. The van der Waals surface area contributed by atoms with Gasteiger partial charge in [0.15, 0.2) is 0 Å². The molecule has 0 rings (SSSR count). The number of hydrogen-bond acceptors (Lipinski definition) is 4. The molecule has 0 fully saturated rings. The Morgan fingerprint density at radius 1 is 0.857 bits per heavy atom. The molecule has 0 aliphatic carbocycles. The van der Waals surface area contributed by atoms with Crippen molar-refractivity contribution in [2.45, 2.75) is 0 Å². The van der Waals surface area contributed by atoms with E-state index in [2.05, 4.69) is 0 Å². The minimum Gasteiger partial charge on any atom is -0.368 e. The summed E-state index contributed by atoms with van der Waals surface area (Å²) in [4.78, 5) is 29.3. The molecule has 41 valence electrons. The van der Waals surface area contributed by atoms with Crippen molar-refractivity contribution in [1.82, 2.24) is 0 Å². The normalized spacial score (nSPS) is 8.57. The molecule has 0 spiro atoms. The van der Waals surface area contributed by atoms with Crippen LogP contribution in [0, 0.1) is 0 Å². The van der Waals surface area contributed by atoms with Crippen LogP contribution >= 0.6 is 0 Å². The monoisotopic (exact) mass is 283 g/mol. The Labute approximate surface area is 81.2 Å². The van der Waals surface area contributed by atoms with Crippen LogP contribution in [0.4, 0.5) is 0 Å². The first-order valence-electron chi connectivity index (χ1n) is 0.894. The molecule has 1 radical (unpaired) electrons. The van der Waals surface area contributed by atoms with Gasteiger partial charge in [0, 0.05) is 53.8 Å². The molecule has 0 aromatic rings. The zero-order valence-corrected chi connectivity index (χ0v) is 9.12. The van der Waals surface area contributed by atoms with Gasteiger partial charge in [-0.25, -0.2) is 0 Å². The third-order valence-electron chi connectivity index (χ3n) is 0. The second-order valence-electron chi connectivity index (χ2n) is 0.600. The molecule has 0 atom stereocenters. The molecule has 7 heavy (non-hydrogen) atoms. The molecule has 0 aromatic carbocycles. The molecule has 4 nitrogen and oxygen atoms in total. The summed E-state index contributed by atoms with van der Waals surface area (Å²) < 4.78 is 0. The van der Waals surface area contributed by atoms with Crippen LogP contribution in [-0.4, -0.2) is 28.2 Å². The standard InChI is InChI=1S/Mo.H4O4Si.Y/c;1-5(2,3)4;/h;1-4H;. The Bertz CT molecular complexity index is 27.2. The van der Waals surface area contributed by atoms with E-state index < -0.39 is 9.05 Å². The smallest absolute Gasteiger partial charge is 0.368 e. The fourth-order valence-electron chi connectivity index (χ4n) is 0. The van der Waals surface area contributed by atoms with Gasteiger partial charge in [-0.1, -0.05) is 0 Å². The van der Waals surface area contributed by atoms with Crippen LogP contribution in [0.2, 0.25) is 0 Å². The summed E-state index contributed by atoms with van der Waals surface area (Å²) in [6.45, 7) is 0. The first-order valence-corrected chi connectivity index (χ1v) is 2.68. The average molecular weight is 281 g/mol. The van der Waals surface area contributed by atoms with Crippen LogP contribution in [0.1, 0.15) is 0 Å². The van der Waals surface area contributed by atoms with E-state index in [1.54, 1.807) is 0 Å². The van der Waals surface area contributed by atoms with E-state index in [1.165, 1.54) is 0 Å². The van der Waals surface area contributed by atoms with Crippen molar-refractivity contribution in [3.8, 4) is 0 Å². The molecule has 0 aliphatic heterocycles. The van der Waals surface area contributed by atoms with Crippen LogP contribution in [0.25, 0.3) is 0 Å². The summed E-state index contributed by atoms with van der Waals surface area (Å²) >= 11 is 0. The van der Waals surface area contributed by atoms with Crippen LogP contribution < -0.4 is 0 Å². The van der Waals surface area contributed by atoms with Gasteiger partial charge < -0.3 is 19.2 Å². The Morgan fingerprint density at radius 3 is 0.857 bits per heavy atom. The molecule has 0 aromatic heterocycles. The van der Waals surface area contributed by atoms with Gasteiger partial charge in [0.05, 0.1) is 0 Å². The van der Waals surface area contributed by atoms with Gasteiger partial charge in [-0.05, 0) is 0 Å². The Balaban J connectivity index is -0.0000000800. The average Bonchev–Trinajstić information content (AvgIpc) is 0.722. The third-order valence-corrected chi connectivity index (χ3v) is 0. The molecule has 0 saturated carbocycles. The minimum absolute atomic E-state index is 0. The van der Waals surface area contributed by atoms with Gasteiger partial charge in [0.1, 0.15) is 0 Å². The molecular formula is H4MoO4SiY. The van der Waals surface area contributed by atoms with Gasteiger partial charge in [0.2, 0.25) is 0 Å². The predicted octanol–water partition coefficient (Wildman–Crippen LogP) is -2.61. The first-order chi connectivity index (χ1) is 2.00. The quantitative estimate of drug-likeness (QED) is 0.367. The molecule has 0 bridgehead atoms. The fourth-order valence-corrected chi connectivity index (χ4v) is 0. The first kappa shape index (κ1) is 15.9. The van der Waals surface area contributed by atoms with E-state index in [9.17, 15) is 0 Å². The van der Waals surface area contributed by atoms with Crippen LogP contribution in [0.5, 0.6) is 0 Å².